The minimum absolute atomic E-state index is 0.752. The van der Waals surface area contributed by atoms with E-state index in [1.807, 2.05) is 24.7 Å². The molecular formula is C64H38N6O. The van der Waals surface area contributed by atoms with E-state index in [-0.39, 0.29) is 0 Å². The first-order chi connectivity index (χ1) is 35.2. The number of benzene rings is 8. The fourth-order valence-corrected chi connectivity index (χ4v) is 12.4. The van der Waals surface area contributed by atoms with Gasteiger partial charge in [-0.3, -0.25) is 14.5 Å². The van der Waals surface area contributed by atoms with Gasteiger partial charge in [-0.1, -0.05) is 133 Å². The summed E-state index contributed by atoms with van der Waals surface area (Å²) >= 11 is 0. The molecule has 6 aromatic heterocycles. The molecule has 0 saturated heterocycles. The van der Waals surface area contributed by atoms with E-state index in [1.165, 1.54) is 21.5 Å². The molecule has 0 radical (unpaired) electrons. The molecule has 0 fully saturated rings. The van der Waals surface area contributed by atoms with E-state index in [2.05, 4.69) is 220 Å². The number of hydrogen-bond donors (Lipinski definition) is 0. The molecule has 7 heterocycles. The summed E-state index contributed by atoms with van der Waals surface area (Å²) in [6.07, 6.45) is 5.79. The van der Waals surface area contributed by atoms with E-state index in [4.69, 9.17) is 19.7 Å². The van der Waals surface area contributed by atoms with Crippen molar-refractivity contribution in [2.24, 2.45) is 0 Å². The Morgan fingerprint density at radius 1 is 0.338 bits per heavy atom. The van der Waals surface area contributed by atoms with Crippen LogP contribution in [0.15, 0.2) is 231 Å². The Morgan fingerprint density at radius 2 is 0.845 bits per heavy atom. The average Bonchev–Trinajstić information content (AvgIpc) is 4.15. The monoisotopic (exact) mass is 906 g/mol. The van der Waals surface area contributed by atoms with Gasteiger partial charge >= 0.3 is 0 Å². The van der Waals surface area contributed by atoms with E-state index in [0.717, 1.165) is 117 Å². The number of aromatic nitrogens is 6. The van der Waals surface area contributed by atoms with Crippen molar-refractivity contribution in [3.8, 4) is 51.2 Å². The van der Waals surface area contributed by atoms with Crippen molar-refractivity contribution in [2.75, 3.05) is 0 Å². The Kier molecular flexibility index (Phi) is 7.69. The van der Waals surface area contributed by atoms with Gasteiger partial charge in [0.1, 0.15) is 11.5 Å². The highest BCUT2D eigenvalue weighted by Crippen LogP contribution is 2.62. The Bertz CT molecular complexity index is 4490. The molecular weight excluding hydrogens is 869 g/mol. The summed E-state index contributed by atoms with van der Waals surface area (Å²) < 4.78 is 14.1. The fourth-order valence-electron chi connectivity index (χ4n) is 12.4. The summed E-state index contributed by atoms with van der Waals surface area (Å²) in [6, 6.07) is 76.1. The number of hydrogen-bond acceptors (Lipinski definition) is 4. The van der Waals surface area contributed by atoms with Crippen LogP contribution in [0.1, 0.15) is 22.3 Å². The zero-order valence-corrected chi connectivity index (χ0v) is 38.0. The van der Waals surface area contributed by atoms with Gasteiger partial charge in [0.15, 0.2) is 5.82 Å². The zero-order chi connectivity index (χ0) is 46.4. The molecule has 1 aliphatic heterocycles. The predicted molar refractivity (Wildman–Crippen MR) is 286 cm³/mol. The average molecular weight is 907 g/mol. The van der Waals surface area contributed by atoms with Crippen molar-refractivity contribution in [3.05, 3.63) is 253 Å². The largest absolute Gasteiger partial charge is 0.457 e. The zero-order valence-electron chi connectivity index (χ0n) is 38.0. The van der Waals surface area contributed by atoms with Crippen LogP contribution in [0.25, 0.3) is 105 Å². The standard InChI is InChI=1S/C64H38N6O/c1-7-22-52-42(15-1)43-16-2-8-23-53(43)68(52)41-37-51-62(67-38-41)61-50(21-13-33-65-61)64(51)48-20-6-12-28-59(48)71-60-36-40(29-31-49(60)64)39-30-32-57-47(35-39)46-19-5-11-26-56(46)70(57)63-58(27-14-34-66-63)69-54-24-9-3-17-44(54)45-18-4-10-25-55(45)69/h1-38H. The maximum Gasteiger partial charge on any atom is 0.162 e. The van der Waals surface area contributed by atoms with Gasteiger partial charge in [0.05, 0.1) is 67.5 Å². The van der Waals surface area contributed by atoms with Crippen LogP contribution in [0, 0.1) is 0 Å². The lowest BCUT2D eigenvalue weighted by Gasteiger charge is -2.39. The summed E-state index contributed by atoms with van der Waals surface area (Å²) in [4.78, 5) is 15.5. The van der Waals surface area contributed by atoms with Crippen LogP contribution in [0.3, 0.4) is 0 Å². The van der Waals surface area contributed by atoms with Gasteiger partial charge in [-0.2, -0.15) is 0 Å². The minimum atomic E-state index is -0.752. The van der Waals surface area contributed by atoms with Gasteiger partial charge in [-0.25, -0.2) is 4.98 Å². The Labute approximate surface area is 406 Å². The first kappa shape index (κ1) is 38.4. The van der Waals surface area contributed by atoms with E-state index in [9.17, 15) is 0 Å². The van der Waals surface area contributed by atoms with E-state index in [0.29, 0.717) is 0 Å². The SMILES string of the molecule is c1ccc2c(c1)Oc1cc(-c3ccc4c(c3)c3ccccc3n4-c3ncccc3-n3c4ccccc4c4ccccc43)ccc1C21c2cccnc2-c2ncc(-n3c4ccccc4c4ccccc43)cc21. The third kappa shape index (κ3) is 5.08. The van der Waals surface area contributed by atoms with Crippen molar-refractivity contribution < 1.29 is 4.74 Å². The molecule has 16 rings (SSSR count). The number of nitrogens with zero attached hydrogens (tertiary/aromatic N) is 6. The summed E-state index contributed by atoms with van der Waals surface area (Å²) in [5, 5.41) is 7.15. The molecule has 2 aliphatic rings. The summed E-state index contributed by atoms with van der Waals surface area (Å²) in [5.41, 5.74) is 16.2. The Balaban J connectivity index is 0.886. The van der Waals surface area contributed by atoms with Gasteiger partial charge in [0, 0.05) is 61.4 Å². The molecule has 8 aromatic carbocycles. The smallest absolute Gasteiger partial charge is 0.162 e. The molecule has 7 heteroatoms. The quantitative estimate of drug-likeness (QED) is 0.176. The number of fused-ring (bicyclic) bond motifs is 18. The second-order valence-electron chi connectivity index (χ2n) is 18.7. The third-order valence-electron chi connectivity index (χ3n) is 15.3. The summed E-state index contributed by atoms with van der Waals surface area (Å²) in [7, 11) is 0. The molecule has 1 atom stereocenters. The highest BCUT2D eigenvalue weighted by Gasteiger charge is 2.52. The lowest BCUT2D eigenvalue weighted by Crippen LogP contribution is -2.32. The topological polar surface area (TPSA) is 62.7 Å². The highest BCUT2D eigenvalue weighted by atomic mass is 16.5. The van der Waals surface area contributed by atoms with E-state index in [1.54, 1.807) is 0 Å². The van der Waals surface area contributed by atoms with Crippen LogP contribution >= 0.6 is 0 Å². The first-order valence-electron chi connectivity index (χ1n) is 24.1. The van der Waals surface area contributed by atoms with Crippen molar-refractivity contribution in [3.63, 3.8) is 0 Å². The van der Waals surface area contributed by atoms with Crippen LogP contribution in [-0.4, -0.2) is 28.7 Å². The Morgan fingerprint density at radius 3 is 1.55 bits per heavy atom. The van der Waals surface area contributed by atoms with Crippen LogP contribution in [-0.2, 0) is 5.41 Å². The van der Waals surface area contributed by atoms with Crippen molar-refractivity contribution in [2.45, 2.75) is 5.41 Å². The normalized spacial score (nSPS) is 14.6. The third-order valence-corrected chi connectivity index (χ3v) is 15.3. The number of ether oxygens (including phenoxy) is 1. The molecule has 1 unspecified atom stereocenters. The maximum absolute atomic E-state index is 7.04. The molecule has 0 N–H and O–H groups in total. The second kappa shape index (κ2) is 14.2. The molecule has 0 bridgehead atoms. The van der Waals surface area contributed by atoms with Gasteiger partial charge in [-0.15, -0.1) is 0 Å². The van der Waals surface area contributed by atoms with Gasteiger partial charge < -0.3 is 13.9 Å². The number of para-hydroxylation sites is 6. The Hall–Kier alpha value is -9.59. The minimum Gasteiger partial charge on any atom is -0.457 e. The number of pyridine rings is 3. The molecule has 330 valence electrons. The predicted octanol–water partition coefficient (Wildman–Crippen LogP) is 15.3. The molecule has 71 heavy (non-hydrogen) atoms. The van der Waals surface area contributed by atoms with E-state index < -0.39 is 5.41 Å². The van der Waals surface area contributed by atoms with Gasteiger partial charge in [0.25, 0.3) is 0 Å². The molecule has 0 saturated carbocycles. The summed E-state index contributed by atoms with van der Waals surface area (Å²) in [6.45, 7) is 0. The maximum atomic E-state index is 7.04. The molecule has 1 aliphatic carbocycles. The first-order valence-corrected chi connectivity index (χ1v) is 24.1. The van der Waals surface area contributed by atoms with Gasteiger partial charge in [0.2, 0.25) is 0 Å². The summed E-state index contributed by atoms with van der Waals surface area (Å²) in [5.74, 6) is 2.49. The van der Waals surface area contributed by atoms with Crippen molar-refractivity contribution >= 4 is 65.4 Å². The molecule has 1 spiro atoms. The van der Waals surface area contributed by atoms with Crippen LogP contribution < -0.4 is 4.74 Å². The van der Waals surface area contributed by atoms with E-state index >= 15 is 0 Å². The number of rotatable bonds is 4. The second-order valence-corrected chi connectivity index (χ2v) is 18.7. The van der Waals surface area contributed by atoms with Crippen LogP contribution in [0.2, 0.25) is 0 Å². The van der Waals surface area contributed by atoms with Crippen LogP contribution in [0.5, 0.6) is 11.5 Å². The lowest BCUT2D eigenvalue weighted by atomic mass is 9.66. The highest BCUT2D eigenvalue weighted by molar-refractivity contribution is 6.12. The van der Waals surface area contributed by atoms with Crippen molar-refractivity contribution in [1.29, 1.82) is 0 Å². The van der Waals surface area contributed by atoms with Gasteiger partial charge in [-0.05, 0) is 95.6 Å². The molecule has 0 amide bonds. The van der Waals surface area contributed by atoms with Crippen LogP contribution in [0.4, 0.5) is 0 Å². The van der Waals surface area contributed by atoms with Crippen molar-refractivity contribution in [1.82, 2.24) is 28.7 Å². The fraction of sp³-hybridized carbons (Fsp3) is 0.0156. The molecule has 14 aromatic rings. The molecule has 7 nitrogen and oxygen atoms in total. The lowest BCUT2D eigenvalue weighted by molar-refractivity contribution is 0.436.